The Morgan fingerprint density at radius 3 is 1.00 bits per heavy atom. The van der Waals surface area contributed by atoms with Crippen LogP contribution in [0.5, 0.6) is 0 Å². The van der Waals surface area contributed by atoms with E-state index in [1.165, 1.54) is 72.8 Å². The monoisotopic (exact) mass is 1030 g/mol. The minimum Gasteiger partial charge on any atom is -0.478 e. The third-order valence-electron chi connectivity index (χ3n) is 9.83. The van der Waals surface area contributed by atoms with Gasteiger partial charge < -0.3 is 20.8 Å². The van der Waals surface area contributed by atoms with Gasteiger partial charge in [0, 0.05) is 21.9 Å². The molecule has 0 aliphatic heterocycles. The van der Waals surface area contributed by atoms with Gasteiger partial charge in [-0.1, -0.05) is 12.1 Å². The molecule has 0 saturated heterocycles. The van der Waals surface area contributed by atoms with Crippen molar-refractivity contribution >= 4 is 120 Å². The number of azo groups is 2. The lowest BCUT2D eigenvalue weighted by molar-refractivity contribution is 0.0687. The van der Waals surface area contributed by atoms with Crippen molar-refractivity contribution in [2.45, 2.75) is 19.6 Å². The number of fused-ring (bicyclic) bond motifs is 2. The quantitative estimate of drug-likeness (QED) is 0.0381. The normalized spacial score (nSPS) is 12.4. The Kier molecular flexibility index (Phi) is 13.3. The number of carbonyl (C=O) groups excluding carboxylic acids is 2. The summed E-state index contributed by atoms with van der Waals surface area (Å²) < 4.78 is 133. The average molecular weight is 1030 g/mol. The highest BCUT2D eigenvalue weighted by Crippen LogP contribution is 2.34. The fraction of sp³-hybridized carbons (Fsp3) is 0. The summed E-state index contributed by atoms with van der Waals surface area (Å²) in [5.41, 5.74) is -1.43. The first kappa shape index (κ1) is 49.7. The Morgan fingerprint density at radius 2 is 0.700 bits per heavy atom. The molecule has 0 unspecified atom stereocenters. The number of benzene rings is 7. The average Bonchev–Trinajstić information content (AvgIpc) is 3.28. The number of rotatable bonds is 14. The third-order valence-corrected chi connectivity index (χ3v) is 13.3. The maximum absolute atomic E-state index is 13.2. The Labute approximate surface area is 393 Å². The molecule has 28 heteroatoms. The molecule has 0 fully saturated rings. The first-order valence-electron chi connectivity index (χ1n) is 19.0. The molecule has 0 aliphatic rings. The predicted octanol–water partition coefficient (Wildman–Crippen LogP) is 7.71. The fourth-order valence-corrected chi connectivity index (χ4v) is 9.27. The topological polar surface area (TPSA) is 400 Å². The maximum Gasteiger partial charge on any atom is 0.337 e. The second kappa shape index (κ2) is 18.7. The van der Waals surface area contributed by atoms with Crippen molar-refractivity contribution in [1.82, 2.24) is 0 Å². The van der Waals surface area contributed by atoms with Crippen molar-refractivity contribution in [3.05, 3.63) is 144 Å². The summed E-state index contributed by atoms with van der Waals surface area (Å²) in [6.07, 6.45) is 0. The molecule has 0 radical (unpaired) electrons. The first-order valence-corrected chi connectivity index (χ1v) is 24.8. The van der Waals surface area contributed by atoms with E-state index in [4.69, 9.17) is 0 Å². The first-order chi connectivity index (χ1) is 32.6. The molecule has 358 valence electrons. The van der Waals surface area contributed by atoms with Crippen LogP contribution in [0.4, 0.5) is 34.1 Å². The van der Waals surface area contributed by atoms with Gasteiger partial charge in [0.15, 0.2) is 0 Å². The highest BCUT2D eigenvalue weighted by atomic mass is 32.2. The van der Waals surface area contributed by atoms with Gasteiger partial charge in [0.25, 0.3) is 52.3 Å². The van der Waals surface area contributed by atoms with Crippen LogP contribution in [0.2, 0.25) is 0 Å². The van der Waals surface area contributed by atoms with Crippen molar-refractivity contribution in [1.29, 1.82) is 0 Å². The third kappa shape index (κ3) is 11.2. The van der Waals surface area contributed by atoms with E-state index in [9.17, 15) is 81.3 Å². The molecule has 8 N–H and O–H groups in total. The number of aromatic carboxylic acids is 2. The molecule has 0 bridgehead atoms. The highest BCUT2D eigenvalue weighted by molar-refractivity contribution is 7.87. The minimum absolute atomic E-state index is 0.00882. The van der Waals surface area contributed by atoms with E-state index in [-0.39, 0.29) is 66.8 Å². The summed E-state index contributed by atoms with van der Waals surface area (Å²) in [6, 6.07) is 22.4. The van der Waals surface area contributed by atoms with Crippen molar-refractivity contribution < 1.29 is 81.3 Å². The summed E-state index contributed by atoms with van der Waals surface area (Å²) in [5.74, 6) is -4.59. The number of nitrogens with zero attached hydrogens (tertiary/aromatic N) is 4. The SMILES string of the molecule is O=C(Nc1ccc(N=Nc2ccc3cc(S(=O)(=O)O)cc(S(=O)(=O)O)c3c2)cc1C(=O)O)c1ccc(C(=O)Nc2ccc(N=Nc3ccc4cc(S(=O)(=O)O)cc(S(=O)(=O)O)c4c3)cc2C(=O)O)cc1. The van der Waals surface area contributed by atoms with Crippen LogP contribution in [0, 0.1) is 0 Å². The van der Waals surface area contributed by atoms with Gasteiger partial charge in [0.2, 0.25) is 0 Å². The molecule has 0 saturated carbocycles. The van der Waals surface area contributed by atoms with Crippen LogP contribution in [0.3, 0.4) is 0 Å². The number of nitrogens with one attached hydrogen (secondary N) is 2. The Bertz CT molecular complexity index is 3680. The largest absolute Gasteiger partial charge is 0.478 e. The molecule has 0 atom stereocenters. The lowest BCUT2D eigenvalue weighted by Gasteiger charge is -2.11. The number of amides is 2. The summed E-state index contributed by atoms with van der Waals surface area (Å²) in [5, 5.41) is 40.2. The maximum atomic E-state index is 13.2. The molecule has 70 heavy (non-hydrogen) atoms. The van der Waals surface area contributed by atoms with E-state index in [1.807, 2.05) is 0 Å². The molecule has 0 aliphatic carbocycles. The second-order valence-corrected chi connectivity index (χ2v) is 20.1. The van der Waals surface area contributed by atoms with Crippen LogP contribution in [0.15, 0.2) is 161 Å². The van der Waals surface area contributed by atoms with Crippen LogP contribution in [-0.4, -0.2) is 85.8 Å². The number of carboxylic acids is 2. The van der Waals surface area contributed by atoms with Crippen molar-refractivity contribution in [2.75, 3.05) is 10.6 Å². The second-order valence-electron chi connectivity index (χ2n) is 14.5. The Hall–Kier alpha value is -8.22. The van der Waals surface area contributed by atoms with Gasteiger partial charge >= 0.3 is 11.9 Å². The van der Waals surface area contributed by atoms with Gasteiger partial charge in [0.05, 0.1) is 55.0 Å². The molecule has 0 spiro atoms. The molecule has 7 rings (SSSR count). The van der Waals surface area contributed by atoms with E-state index in [0.717, 1.165) is 36.4 Å². The van der Waals surface area contributed by atoms with E-state index >= 15 is 0 Å². The summed E-state index contributed by atoms with van der Waals surface area (Å²) in [4.78, 5) is 47.5. The van der Waals surface area contributed by atoms with Gasteiger partial charge in [0.1, 0.15) is 9.79 Å². The lowest BCUT2D eigenvalue weighted by atomic mass is 10.1. The van der Waals surface area contributed by atoms with E-state index in [1.54, 1.807) is 0 Å². The van der Waals surface area contributed by atoms with Gasteiger partial charge in [-0.05, 0) is 120 Å². The zero-order valence-corrected chi connectivity index (χ0v) is 37.8. The van der Waals surface area contributed by atoms with Gasteiger partial charge in [-0.25, -0.2) is 9.59 Å². The molecule has 0 heterocycles. The predicted molar refractivity (Wildman–Crippen MR) is 245 cm³/mol. The fourth-order valence-electron chi connectivity index (χ4n) is 6.57. The van der Waals surface area contributed by atoms with Crippen LogP contribution < -0.4 is 10.6 Å². The number of anilines is 2. The molecule has 24 nitrogen and oxygen atoms in total. The van der Waals surface area contributed by atoms with Gasteiger partial charge in [-0.15, -0.1) is 0 Å². The van der Waals surface area contributed by atoms with Crippen molar-refractivity contribution in [2.24, 2.45) is 20.5 Å². The number of hydrogen-bond acceptors (Lipinski definition) is 16. The van der Waals surface area contributed by atoms with Gasteiger partial charge in [-0.2, -0.15) is 54.1 Å². The lowest BCUT2D eigenvalue weighted by Crippen LogP contribution is -2.16. The summed E-state index contributed by atoms with van der Waals surface area (Å²) in [7, 11) is -19.7. The van der Waals surface area contributed by atoms with E-state index in [2.05, 4.69) is 31.1 Å². The van der Waals surface area contributed by atoms with Crippen molar-refractivity contribution in [3.63, 3.8) is 0 Å². The number of hydrogen-bond donors (Lipinski definition) is 8. The van der Waals surface area contributed by atoms with Crippen LogP contribution >= 0.6 is 0 Å². The summed E-state index contributed by atoms with van der Waals surface area (Å²) in [6.45, 7) is 0. The minimum atomic E-state index is -5.00. The van der Waals surface area contributed by atoms with E-state index < -0.39 is 94.9 Å². The zero-order chi connectivity index (χ0) is 51.1. The van der Waals surface area contributed by atoms with Crippen LogP contribution in [-0.2, 0) is 40.5 Å². The molecule has 2 amide bonds. The standard InChI is InChI=1S/C42H28N6O18S4/c49-39(43-35-11-9-27(17-33(35)41(51)52)47-45-25-7-5-23-13-29(67(55,56)57)19-37(31(23)15-25)69(61,62)63)21-1-2-22(4-3-21)40(50)44-36-12-10-28(18-34(36)42(53)54)48-46-26-8-6-24-14-30(68(58,59)60)20-38(32(24)16-26)70(64,65)66/h1-20H,(H,43,49)(H,44,50)(H,51,52)(H,53,54)(H,55,56,57)(H,58,59,60)(H,61,62,63)(H,64,65,66). The van der Waals surface area contributed by atoms with E-state index in [0.29, 0.717) is 12.1 Å². The number of carbonyl (C=O) groups is 4. The van der Waals surface area contributed by atoms with Crippen LogP contribution in [0.1, 0.15) is 41.4 Å². The molecule has 0 aromatic heterocycles. The smallest absolute Gasteiger partial charge is 0.337 e. The van der Waals surface area contributed by atoms with Gasteiger partial charge in [-0.3, -0.25) is 27.8 Å². The van der Waals surface area contributed by atoms with Crippen molar-refractivity contribution in [3.8, 4) is 0 Å². The zero-order valence-electron chi connectivity index (χ0n) is 34.6. The molecular formula is C42H28N6O18S4. The van der Waals surface area contributed by atoms with Crippen LogP contribution in [0.25, 0.3) is 21.5 Å². The Morgan fingerprint density at radius 1 is 0.386 bits per heavy atom. The Balaban J connectivity index is 1.04. The molecule has 7 aromatic rings. The highest BCUT2D eigenvalue weighted by Gasteiger charge is 2.23. The summed E-state index contributed by atoms with van der Waals surface area (Å²) >= 11 is 0. The molecular weight excluding hydrogens is 1000 g/mol. The number of carboxylic acid groups (broad SMARTS) is 2. The molecule has 7 aromatic carbocycles.